The molecular formula is C24H25F2N. The number of halogens is 2. The van der Waals surface area contributed by atoms with E-state index in [9.17, 15) is 4.39 Å². The third-order valence-electron chi connectivity index (χ3n) is 6.47. The van der Waals surface area contributed by atoms with Gasteiger partial charge < -0.3 is 0 Å². The first-order chi connectivity index (χ1) is 12.6. The summed E-state index contributed by atoms with van der Waals surface area (Å²) in [5.74, 6) is -0.443. The molecule has 3 heteroatoms. The fourth-order valence-electron chi connectivity index (χ4n) is 4.49. The summed E-state index contributed by atoms with van der Waals surface area (Å²) in [6, 6.07) is 7.05. The van der Waals surface area contributed by atoms with Gasteiger partial charge in [0.1, 0.15) is 11.6 Å². The van der Waals surface area contributed by atoms with Crippen LogP contribution in [0.1, 0.15) is 63.3 Å². The smallest absolute Gasteiger partial charge is 0.134 e. The van der Waals surface area contributed by atoms with Crippen molar-refractivity contribution in [3.05, 3.63) is 64.4 Å². The van der Waals surface area contributed by atoms with E-state index in [-0.39, 0.29) is 17.0 Å². The molecule has 3 aromatic rings. The number of benzene rings is 2. The monoisotopic (exact) mass is 365 g/mol. The van der Waals surface area contributed by atoms with E-state index in [1.54, 1.807) is 25.3 Å². The average Bonchev–Trinajstić information content (AvgIpc) is 2.62. The Kier molecular flexibility index (Phi) is 3.76. The third-order valence-corrected chi connectivity index (χ3v) is 6.47. The lowest BCUT2D eigenvalue weighted by Crippen LogP contribution is -2.29. The van der Waals surface area contributed by atoms with Gasteiger partial charge in [0.25, 0.3) is 0 Å². The molecule has 0 saturated heterocycles. The van der Waals surface area contributed by atoms with E-state index in [2.05, 4.69) is 25.8 Å². The molecule has 1 heterocycles. The zero-order chi connectivity index (χ0) is 19.7. The minimum absolute atomic E-state index is 0.140. The first-order valence-corrected chi connectivity index (χ1v) is 9.53. The Morgan fingerprint density at radius 2 is 1.81 bits per heavy atom. The lowest BCUT2D eigenvalue weighted by molar-refractivity contribution is 0.497. The molecule has 0 aliphatic heterocycles. The largest absolute Gasteiger partial charge is 0.256 e. The number of fused-ring (bicyclic) bond motifs is 2. The van der Waals surface area contributed by atoms with Gasteiger partial charge in [0, 0.05) is 33.5 Å². The fourth-order valence-corrected chi connectivity index (χ4v) is 4.49. The number of aromatic nitrogens is 1. The van der Waals surface area contributed by atoms with E-state index in [0.29, 0.717) is 22.2 Å². The highest BCUT2D eigenvalue weighted by Crippen LogP contribution is 2.52. The van der Waals surface area contributed by atoms with Crippen molar-refractivity contribution in [2.75, 3.05) is 0 Å². The van der Waals surface area contributed by atoms with Crippen LogP contribution in [0.4, 0.5) is 8.78 Å². The molecule has 0 saturated carbocycles. The molecule has 0 unspecified atom stereocenters. The summed E-state index contributed by atoms with van der Waals surface area (Å²) >= 11 is 0. The summed E-state index contributed by atoms with van der Waals surface area (Å²) in [7, 11) is 0. The molecule has 27 heavy (non-hydrogen) atoms. The van der Waals surface area contributed by atoms with E-state index in [4.69, 9.17) is 0 Å². The Bertz CT molecular complexity index is 1090. The highest BCUT2D eigenvalue weighted by Gasteiger charge is 2.40. The molecule has 2 aromatic carbocycles. The fraction of sp³-hybridized carbons (Fsp3) is 0.375. The van der Waals surface area contributed by atoms with E-state index in [0.717, 1.165) is 28.5 Å². The predicted octanol–water partition coefficient (Wildman–Crippen LogP) is 6.82. The number of nitrogens with zero attached hydrogens (tertiary/aromatic N) is 1. The molecule has 4 rings (SSSR count). The van der Waals surface area contributed by atoms with Crippen LogP contribution in [0.25, 0.3) is 22.0 Å². The minimum Gasteiger partial charge on any atom is -0.256 e. The van der Waals surface area contributed by atoms with E-state index in [1.165, 1.54) is 0 Å². The molecule has 0 atom stereocenters. The number of hydrogen-bond acceptors (Lipinski definition) is 1. The van der Waals surface area contributed by atoms with Crippen LogP contribution in [-0.2, 0) is 10.8 Å². The SMILES string of the molecule is CCC(C)(C)c1ccc(F)c2c1-c1nccc3c(F)c(C)cc(c13)C2(C)C. The van der Waals surface area contributed by atoms with Gasteiger partial charge in [0.05, 0.1) is 5.69 Å². The lowest BCUT2D eigenvalue weighted by atomic mass is 9.65. The first kappa shape index (κ1) is 18.1. The molecule has 0 bridgehead atoms. The maximum atomic E-state index is 15.2. The molecule has 0 N–H and O–H groups in total. The van der Waals surface area contributed by atoms with Gasteiger partial charge in [0.15, 0.2) is 0 Å². The maximum Gasteiger partial charge on any atom is 0.134 e. The van der Waals surface area contributed by atoms with Crippen LogP contribution in [0.2, 0.25) is 0 Å². The van der Waals surface area contributed by atoms with Gasteiger partial charge in [-0.3, -0.25) is 4.98 Å². The molecular weight excluding hydrogens is 340 g/mol. The highest BCUT2D eigenvalue weighted by atomic mass is 19.1. The zero-order valence-electron chi connectivity index (χ0n) is 16.8. The zero-order valence-corrected chi connectivity index (χ0v) is 16.8. The van der Waals surface area contributed by atoms with Crippen LogP contribution in [-0.4, -0.2) is 4.98 Å². The van der Waals surface area contributed by atoms with Crippen LogP contribution in [0.5, 0.6) is 0 Å². The van der Waals surface area contributed by atoms with Crippen LogP contribution in [0, 0.1) is 18.6 Å². The lowest BCUT2D eigenvalue weighted by Gasteiger charge is -2.38. The molecule has 1 nitrogen and oxygen atoms in total. The van der Waals surface area contributed by atoms with Gasteiger partial charge in [-0.25, -0.2) is 8.78 Å². The molecule has 0 spiro atoms. The summed E-state index contributed by atoms with van der Waals surface area (Å²) in [4.78, 5) is 4.63. The summed E-state index contributed by atoms with van der Waals surface area (Å²) in [6.07, 6.45) is 2.55. The Labute approximate surface area is 159 Å². The van der Waals surface area contributed by atoms with Gasteiger partial charge >= 0.3 is 0 Å². The standard InChI is InChI=1S/C24H25F2N/c1-7-23(3,4)15-8-9-17(25)20-19(15)22-18-14(10-11-27-22)21(26)13(2)12-16(18)24(20,5)6/h8-12H,7H2,1-6H3. The predicted molar refractivity (Wildman–Crippen MR) is 107 cm³/mol. The van der Waals surface area contributed by atoms with Gasteiger partial charge in [-0.05, 0) is 47.6 Å². The second-order valence-electron chi connectivity index (χ2n) is 8.84. The molecule has 1 aromatic heterocycles. The quantitative estimate of drug-likeness (QED) is 0.486. The highest BCUT2D eigenvalue weighted by molar-refractivity contribution is 6.02. The number of rotatable bonds is 2. The molecule has 140 valence electrons. The van der Waals surface area contributed by atoms with Gasteiger partial charge in [0.2, 0.25) is 0 Å². The van der Waals surface area contributed by atoms with Gasteiger partial charge in [-0.1, -0.05) is 46.8 Å². The van der Waals surface area contributed by atoms with E-state index < -0.39 is 5.41 Å². The van der Waals surface area contributed by atoms with Crippen molar-refractivity contribution in [2.24, 2.45) is 0 Å². The van der Waals surface area contributed by atoms with Crippen molar-refractivity contribution < 1.29 is 8.78 Å². The molecule has 1 aliphatic rings. The van der Waals surface area contributed by atoms with E-state index >= 15 is 4.39 Å². The van der Waals surface area contributed by atoms with Crippen molar-refractivity contribution in [1.29, 1.82) is 0 Å². The third kappa shape index (κ3) is 2.30. The normalized spacial score (nSPS) is 15.1. The molecule has 1 aliphatic carbocycles. The Morgan fingerprint density at radius 3 is 2.48 bits per heavy atom. The average molecular weight is 365 g/mol. The van der Waals surface area contributed by atoms with Crippen LogP contribution in [0.15, 0.2) is 30.5 Å². The van der Waals surface area contributed by atoms with Crippen LogP contribution in [0.3, 0.4) is 0 Å². The van der Waals surface area contributed by atoms with Crippen molar-refractivity contribution in [2.45, 2.75) is 58.8 Å². The van der Waals surface area contributed by atoms with Crippen LogP contribution >= 0.6 is 0 Å². The second-order valence-corrected chi connectivity index (χ2v) is 8.84. The maximum absolute atomic E-state index is 15.2. The Hall–Kier alpha value is -2.29. The van der Waals surface area contributed by atoms with Gasteiger partial charge in [-0.2, -0.15) is 0 Å². The Balaban J connectivity index is 2.28. The topological polar surface area (TPSA) is 12.9 Å². The summed E-state index contributed by atoms with van der Waals surface area (Å²) < 4.78 is 30.1. The summed E-state index contributed by atoms with van der Waals surface area (Å²) in [6.45, 7) is 12.3. The molecule has 0 fully saturated rings. The van der Waals surface area contributed by atoms with E-state index in [1.807, 2.05) is 26.0 Å². The van der Waals surface area contributed by atoms with Crippen molar-refractivity contribution in [1.82, 2.24) is 4.98 Å². The van der Waals surface area contributed by atoms with Crippen molar-refractivity contribution in [3.63, 3.8) is 0 Å². The molecule has 0 radical (unpaired) electrons. The van der Waals surface area contributed by atoms with Gasteiger partial charge in [-0.15, -0.1) is 0 Å². The Morgan fingerprint density at radius 1 is 1.11 bits per heavy atom. The van der Waals surface area contributed by atoms with Crippen molar-refractivity contribution >= 4 is 10.8 Å². The molecule has 0 amide bonds. The number of pyridine rings is 1. The van der Waals surface area contributed by atoms with Crippen LogP contribution < -0.4 is 0 Å². The summed E-state index contributed by atoms with van der Waals surface area (Å²) in [5.41, 5.74) is 4.08. The number of aryl methyl sites for hydroxylation is 1. The van der Waals surface area contributed by atoms with Crippen molar-refractivity contribution in [3.8, 4) is 11.3 Å². The second kappa shape index (κ2) is 5.60. The summed E-state index contributed by atoms with van der Waals surface area (Å²) in [5, 5.41) is 1.38. The first-order valence-electron chi connectivity index (χ1n) is 9.53. The number of hydrogen-bond donors (Lipinski definition) is 0. The minimum atomic E-state index is -0.577.